The van der Waals surface area contributed by atoms with Crippen LogP contribution in [0.5, 0.6) is 0 Å². The van der Waals surface area contributed by atoms with Crippen molar-refractivity contribution in [1.82, 2.24) is 0 Å². The van der Waals surface area contributed by atoms with Crippen molar-refractivity contribution in [2.45, 2.75) is 12.8 Å². The van der Waals surface area contributed by atoms with Gasteiger partial charge in [0, 0.05) is 5.02 Å². The van der Waals surface area contributed by atoms with Crippen molar-refractivity contribution in [3.63, 3.8) is 0 Å². The van der Waals surface area contributed by atoms with Gasteiger partial charge in [0.1, 0.15) is 5.82 Å². The molecular formula is C16H14ClFO2. The van der Waals surface area contributed by atoms with Crippen molar-refractivity contribution < 1.29 is 14.3 Å². The molecule has 2 aromatic rings. The number of rotatable bonds is 5. The molecule has 20 heavy (non-hydrogen) atoms. The molecule has 2 aromatic carbocycles. The number of carboxylic acids is 1. The largest absolute Gasteiger partial charge is 0.481 e. The molecule has 0 aliphatic rings. The highest BCUT2D eigenvalue weighted by Gasteiger charge is 2.20. The van der Waals surface area contributed by atoms with Crippen molar-refractivity contribution in [2.75, 3.05) is 0 Å². The summed E-state index contributed by atoms with van der Waals surface area (Å²) in [6, 6.07) is 13.5. The van der Waals surface area contributed by atoms with Crippen LogP contribution in [0.3, 0.4) is 0 Å². The number of halogens is 2. The standard InChI is InChI=1S/C16H14ClFO2/c17-15-10-14(18)7-6-12(15)9-13(16(19)20)8-11-4-2-1-3-5-11/h1-7,10,13H,8-9H2,(H,19,20). The summed E-state index contributed by atoms with van der Waals surface area (Å²) in [7, 11) is 0. The second-order valence-corrected chi connectivity index (χ2v) is 5.07. The first-order valence-corrected chi connectivity index (χ1v) is 6.64. The van der Waals surface area contributed by atoms with Gasteiger partial charge < -0.3 is 5.11 Å². The van der Waals surface area contributed by atoms with E-state index in [9.17, 15) is 14.3 Å². The number of hydrogen-bond acceptors (Lipinski definition) is 1. The molecule has 0 radical (unpaired) electrons. The Balaban J connectivity index is 2.15. The molecule has 0 saturated carbocycles. The molecule has 0 amide bonds. The highest BCUT2D eigenvalue weighted by molar-refractivity contribution is 6.31. The zero-order chi connectivity index (χ0) is 14.5. The first-order chi connectivity index (χ1) is 9.56. The van der Waals surface area contributed by atoms with Crippen molar-refractivity contribution >= 4 is 17.6 Å². The van der Waals surface area contributed by atoms with E-state index in [0.29, 0.717) is 12.0 Å². The van der Waals surface area contributed by atoms with Crippen molar-refractivity contribution in [3.05, 3.63) is 70.5 Å². The monoisotopic (exact) mass is 292 g/mol. The molecule has 2 nitrogen and oxygen atoms in total. The van der Waals surface area contributed by atoms with Crippen LogP contribution >= 0.6 is 11.6 Å². The molecule has 0 heterocycles. The summed E-state index contributed by atoms with van der Waals surface area (Å²) in [5.41, 5.74) is 1.61. The summed E-state index contributed by atoms with van der Waals surface area (Å²) in [6.45, 7) is 0. The Morgan fingerprint density at radius 2 is 1.85 bits per heavy atom. The van der Waals surface area contributed by atoms with E-state index in [0.717, 1.165) is 5.56 Å². The molecule has 0 aliphatic heterocycles. The van der Waals surface area contributed by atoms with Crippen LogP contribution in [0.1, 0.15) is 11.1 Å². The average molecular weight is 293 g/mol. The van der Waals surface area contributed by atoms with Gasteiger partial charge in [-0.2, -0.15) is 0 Å². The molecule has 0 aromatic heterocycles. The van der Waals surface area contributed by atoms with E-state index in [4.69, 9.17) is 11.6 Å². The second kappa shape index (κ2) is 6.53. The number of carboxylic acid groups (broad SMARTS) is 1. The van der Waals surface area contributed by atoms with Crippen LogP contribution in [0.15, 0.2) is 48.5 Å². The first kappa shape index (κ1) is 14.5. The molecule has 0 spiro atoms. The minimum atomic E-state index is -0.880. The zero-order valence-corrected chi connectivity index (χ0v) is 11.5. The van der Waals surface area contributed by atoms with Crippen LogP contribution < -0.4 is 0 Å². The molecule has 104 valence electrons. The maximum absolute atomic E-state index is 13.0. The fraction of sp³-hybridized carbons (Fsp3) is 0.188. The zero-order valence-electron chi connectivity index (χ0n) is 10.7. The van der Waals surface area contributed by atoms with Crippen LogP contribution in [0.4, 0.5) is 4.39 Å². The summed E-state index contributed by atoms with van der Waals surface area (Å²) in [5.74, 6) is -1.89. The van der Waals surface area contributed by atoms with Crippen molar-refractivity contribution in [1.29, 1.82) is 0 Å². The summed E-state index contributed by atoms with van der Waals surface area (Å²) in [4.78, 5) is 11.4. The third-order valence-corrected chi connectivity index (χ3v) is 3.51. The predicted molar refractivity (Wildman–Crippen MR) is 76.4 cm³/mol. The lowest BCUT2D eigenvalue weighted by Gasteiger charge is -2.13. The van der Waals surface area contributed by atoms with Crippen molar-refractivity contribution in [3.8, 4) is 0 Å². The van der Waals surface area contributed by atoms with E-state index < -0.39 is 17.7 Å². The summed E-state index contributed by atoms with van der Waals surface area (Å²) < 4.78 is 13.0. The predicted octanol–water partition coefficient (Wildman–Crippen LogP) is 3.97. The van der Waals surface area contributed by atoms with Crippen molar-refractivity contribution in [2.24, 2.45) is 5.92 Å². The normalized spacial score (nSPS) is 12.1. The van der Waals surface area contributed by atoms with Crippen LogP contribution in [0.2, 0.25) is 5.02 Å². The Labute approximate surface area is 121 Å². The van der Waals surface area contributed by atoms with Gasteiger partial charge in [-0.25, -0.2) is 4.39 Å². The van der Waals surface area contributed by atoms with Gasteiger partial charge in [0.2, 0.25) is 0 Å². The maximum Gasteiger partial charge on any atom is 0.307 e. The molecule has 1 N–H and O–H groups in total. The van der Waals surface area contributed by atoms with Gasteiger partial charge in [-0.3, -0.25) is 4.79 Å². The van der Waals surface area contributed by atoms with E-state index in [1.165, 1.54) is 12.1 Å². The van der Waals surface area contributed by atoms with Gasteiger partial charge in [0.25, 0.3) is 0 Å². The number of aliphatic carboxylic acids is 1. The molecule has 0 fully saturated rings. The smallest absolute Gasteiger partial charge is 0.307 e. The molecule has 0 aliphatic carbocycles. The van der Waals surface area contributed by atoms with Crippen LogP contribution in [-0.2, 0) is 17.6 Å². The molecule has 4 heteroatoms. The summed E-state index contributed by atoms with van der Waals surface area (Å²) in [5, 5.41) is 9.59. The first-order valence-electron chi connectivity index (χ1n) is 6.27. The van der Waals surface area contributed by atoms with Crippen LogP contribution in [0.25, 0.3) is 0 Å². The van der Waals surface area contributed by atoms with E-state index in [1.54, 1.807) is 6.07 Å². The second-order valence-electron chi connectivity index (χ2n) is 4.66. The SMILES string of the molecule is O=C(O)C(Cc1ccccc1)Cc1ccc(F)cc1Cl. The van der Waals surface area contributed by atoms with Gasteiger partial charge in [0.05, 0.1) is 5.92 Å². The molecule has 0 saturated heterocycles. The lowest BCUT2D eigenvalue weighted by Crippen LogP contribution is -2.19. The quantitative estimate of drug-likeness (QED) is 0.905. The van der Waals surface area contributed by atoms with E-state index in [2.05, 4.69) is 0 Å². The topological polar surface area (TPSA) is 37.3 Å². The maximum atomic E-state index is 13.0. The molecule has 1 unspecified atom stereocenters. The Morgan fingerprint density at radius 1 is 1.15 bits per heavy atom. The van der Waals surface area contributed by atoms with Gasteiger partial charge in [-0.1, -0.05) is 48.0 Å². The van der Waals surface area contributed by atoms with Gasteiger partial charge in [0.15, 0.2) is 0 Å². The highest BCUT2D eigenvalue weighted by atomic mass is 35.5. The average Bonchev–Trinajstić information content (AvgIpc) is 2.42. The Bertz CT molecular complexity index is 599. The molecule has 0 bridgehead atoms. The molecule has 2 rings (SSSR count). The fourth-order valence-corrected chi connectivity index (χ4v) is 2.34. The Hall–Kier alpha value is -1.87. The lowest BCUT2D eigenvalue weighted by molar-refractivity contribution is -0.141. The third-order valence-electron chi connectivity index (χ3n) is 3.16. The number of carbonyl (C=O) groups is 1. The third kappa shape index (κ3) is 3.81. The van der Waals surface area contributed by atoms with E-state index in [1.807, 2.05) is 30.3 Å². The minimum Gasteiger partial charge on any atom is -0.481 e. The number of hydrogen-bond donors (Lipinski definition) is 1. The summed E-state index contributed by atoms with van der Waals surface area (Å²) in [6.07, 6.45) is 0.702. The fourth-order valence-electron chi connectivity index (χ4n) is 2.10. The van der Waals surface area contributed by atoms with Crippen LogP contribution in [-0.4, -0.2) is 11.1 Å². The lowest BCUT2D eigenvalue weighted by atomic mass is 9.92. The highest BCUT2D eigenvalue weighted by Crippen LogP contribution is 2.22. The Kier molecular flexibility index (Phi) is 4.74. The van der Waals surface area contributed by atoms with E-state index in [-0.39, 0.29) is 11.4 Å². The molecule has 1 atom stereocenters. The minimum absolute atomic E-state index is 0.268. The molecular weight excluding hydrogens is 279 g/mol. The number of benzene rings is 2. The van der Waals surface area contributed by atoms with E-state index >= 15 is 0 Å². The van der Waals surface area contributed by atoms with Gasteiger partial charge in [-0.05, 0) is 36.1 Å². The van der Waals surface area contributed by atoms with Gasteiger partial charge in [-0.15, -0.1) is 0 Å². The van der Waals surface area contributed by atoms with Crippen LogP contribution in [0, 0.1) is 11.7 Å². The summed E-state index contributed by atoms with van der Waals surface area (Å²) >= 11 is 5.95. The van der Waals surface area contributed by atoms with Gasteiger partial charge >= 0.3 is 5.97 Å². The Morgan fingerprint density at radius 3 is 2.45 bits per heavy atom.